The monoisotopic (exact) mass is 359 g/mol. The molecule has 0 saturated carbocycles. The summed E-state index contributed by atoms with van der Waals surface area (Å²) in [6, 6.07) is 5.96. The van der Waals surface area contributed by atoms with E-state index in [2.05, 4.69) is 20.9 Å². The van der Waals surface area contributed by atoms with Crippen LogP contribution in [0.1, 0.15) is 25.1 Å². The third kappa shape index (κ3) is 3.48. The number of halogens is 3. The van der Waals surface area contributed by atoms with Gasteiger partial charge in [-0.1, -0.05) is 18.5 Å². The van der Waals surface area contributed by atoms with Crippen molar-refractivity contribution in [1.29, 1.82) is 0 Å². The zero-order valence-electron chi connectivity index (χ0n) is 10.6. The predicted octanol–water partition coefficient (Wildman–Crippen LogP) is 4.87. The first-order valence-corrected chi connectivity index (χ1v) is 7.14. The summed E-state index contributed by atoms with van der Waals surface area (Å²) >= 11 is 8.91. The average molecular weight is 361 g/mol. The highest BCUT2D eigenvalue weighted by molar-refractivity contribution is 9.10. The van der Waals surface area contributed by atoms with Gasteiger partial charge in [0.05, 0.1) is 27.5 Å². The number of aromatic nitrogens is 1. The molecule has 2 aromatic rings. The van der Waals surface area contributed by atoms with E-state index in [0.717, 1.165) is 0 Å². The van der Waals surface area contributed by atoms with Gasteiger partial charge in [-0.2, -0.15) is 0 Å². The first kappa shape index (κ1) is 15.2. The minimum Gasteiger partial charge on any atom is -0.454 e. The second kappa shape index (κ2) is 6.52. The maximum Gasteiger partial charge on any atom is 0.145 e. The van der Waals surface area contributed by atoms with Gasteiger partial charge in [0.2, 0.25) is 0 Å². The molecule has 0 radical (unpaired) electrons. The fourth-order valence-electron chi connectivity index (χ4n) is 1.57. The van der Waals surface area contributed by atoms with Gasteiger partial charge in [-0.05, 0) is 40.5 Å². The molecule has 0 aliphatic carbocycles. The Morgan fingerprint density at radius 3 is 2.80 bits per heavy atom. The molecule has 0 saturated heterocycles. The lowest BCUT2D eigenvalue weighted by atomic mass is 10.2. The number of hydrogen-bond donors (Lipinski definition) is 1. The minimum atomic E-state index is -0.594. The van der Waals surface area contributed by atoms with E-state index in [1.54, 1.807) is 12.1 Å². The van der Waals surface area contributed by atoms with E-state index in [-0.39, 0.29) is 5.02 Å². The van der Waals surface area contributed by atoms with Crippen LogP contribution in [0.15, 0.2) is 34.9 Å². The molecule has 0 aliphatic rings. The van der Waals surface area contributed by atoms with Crippen molar-refractivity contribution >= 4 is 27.5 Å². The largest absolute Gasteiger partial charge is 0.454 e. The summed E-state index contributed by atoms with van der Waals surface area (Å²) in [7, 11) is 0. The summed E-state index contributed by atoms with van der Waals surface area (Å²) in [5.74, 6) is 0.188. The first-order valence-electron chi connectivity index (χ1n) is 5.97. The van der Waals surface area contributed by atoms with Crippen LogP contribution < -0.4 is 4.74 Å². The maximum atomic E-state index is 13.4. The lowest BCUT2D eigenvalue weighted by Gasteiger charge is -2.10. The summed E-state index contributed by atoms with van der Waals surface area (Å²) in [5.41, 5.74) is 0.571. The van der Waals surface area contributed by atoms with Gasteiger partial charge in [-0.3, -0.25) is 4.98 Å². The molecule has 1 N–H and O–H groups in total. The van der Waals surface area contributed by atoms with Crippen LogP contribution in [-0.4, -0.2) is 10.1 Å². The highest BCUT2D eigenvalue weighted by Gasteiger charge is 2.10. The first-order chi connectivity index (χ1) is 9.51. The zero-order valence-corrected chi connectivity index (χ0v) is 12.9. The third-order valence-electron chi connectivity index (χ3n) is 2.69. The summed E-state index contributed by atoms with van der Waals surface area (Å²) in [6.45, 7) is 1.87. The van der Waals surface area contributed by atoms with Crippen LogP contribution in [0.2, 0.25) is 5.02 Å². The van der Waals surface area contributed by atoms with Crippen LogP contribution in [0, 0.1) is 5.82 Å². The number of hydrogen-bond acceptors (Lipinski definition) is 3. The summed E-state index contributed by atoms with van der Waals surface area (Å²) in [4.78, 5) is 4.11. The smallest absolute Gasteiger partial charge is 0.145 e. The lowest BCUT2D eigenvalue weighted by molar-refractivity contribution is 0.169. The van der Waals surface area contributed by atoms with Crippen molar-refractivity contribution in [1.82, 2.24) is 4.98 Å². The third-order valence-corrected chi connectivity index (χ3v) is 3.60. The Morgan fingerprint density at radius 1 is 1.45 bits per heavy atom. The van der Waals surface area contributed by atoms with Crippen LogP contribution >= 0.6 is 27.5 Å². The molecule has 0 aliphatic heterocycles. The minimum absolute atomic E-state index is 0.0174. The fraction of sp³-hybridized carbons (Fsp3) is 0.214. The molecular weight excluding hydrogens is 349 g/mol. The lowest BCUT2D eigenvalue weighted by Crippen LogP contribution is -1.98. The highest BCUT2D eigenvalue weighted by atomic mass is 79.9. The van der Waals surface area contributed by atoms with Gasteiger partial charge >= 0.3 is 0 Å². The SMILES string of the molecule is CCC(O)c1ccc(Oc2cc(F)c(Cl)cc2Br)cn1. The van der Waals surface area contributed by atoms with Crippen LogP contribution in [0.5, 0.6) is 11.5 Å². The van der Waals surface area contributed by atoms with Crippen LogP contribution in [0.4, 0.5) is 4.39 Å². The summed E-state index contributed by atoms with van der Waals surface area (Å²) in [6.07, 6.45) is 1.47. The van der Waals surface area contributed by atoms with Crippen LogP contribution in [-0.2, 0) is 0 Å². The van der Waals surface area contributed by atoms with Gasteiger partial charge in [-0.25, -0.2) is 4.39 Å². The van der Waals surface area contributed by atoms with E-state index in [1.165, 1.54) is 18.3 Å². The van der Waals surface area contributed by atoms with E-state index in [0.29, 0.717) is 28.1 Å². The molecule has 0 spiro atoms. The highest BCUT2D eigenvalue weighted by Crippen LogP contribution is 2.33. The predicted molar refractivity (Wildman–Crippen MR) is 78.7 cm³/mol. The Balaban J connectivity index is 2.20. The van der Waals surface area contributed by atoms with Crippen molar-refractivity contribution in [3.63, 3.8) is 0 Å². The van der Waals surface area contributed by atoms with Crippen molar-refractivity contribution in [3.05, 3.63) is 51.5 Å². The van der Waals surface area contributed by atoms with Crippen molar-refractivity contribution in [3.8, 4) is 11.5 Å². The number of aliphatic hydroxyl groups is 1. The van der Waals surface area contributed by atoms with Crippen molar-refractivity contribution in [2.24, 2.45) is 0 Å². The van der Waals surface area contributed by atoms with Crippen LogP contribution in [0.25, 0.3) is 0 Å². The van der Waals surface area contributed by atoms with E-state index >= 15 is 0 Å². The van der Waals surface area contributed by atoms with Gasteiger partial charge in [0, 0.05) is 6.07 Å². The van der Waals surface area contributed by atoms with E-state index < -0.39 is 11.9 Å². The number of pyridine rings is 1. The summed E-state index contributed by atoms with van der Waals surface area (Å²) in [5, 5.41) is 9.66. The van der Waals surface area contributed by atoms with Gasteiger partial charge in [0.1, 0.15) is 17.3 Å². The fourth-order valence-corrected chi connectivity index (χ4v) is 2.29. The number of benzene rings is 1. The Morgan fingerprint density at radius 2 is 2.20 bits per heavy atom. The van der Waals surface area contributed by atoms with E-state index in [9.17, 15) is 9.50 Å². The van der Waals surface area contributed by atoms with Crippen LogP contribution in [0.3, 0.4) is 0 Å². The Kier molecular flexibility index (Phi) is 4.96. The second-order valence-corrected chi connectivity index (χ2v) is 5.40. The van der Waals surface area contributed by atoms with Gasteiger partial charge in [-0.15, -0.1) is 0 Å². The second-order valence-electron chi connectivity index (χ2n) is 4.14. The Hall–Kier alpha value is -1.17. The number of rotatable bonds is 4. The maximum absolute atomic E-state index is 13.4. The average Bonchev–Trinajstić information content (AvgIpc) is 2.44. The molecule has 3 nitrogen and oxygen atoms in total. The molecule has 1 atom stereocenters. The molecule has 1 unspecified atom stereocenters. The topological polar surface area (TPSA) is 42.4 Å². The molecule has 20 heavy (non-hydrogen) atoms. The molecule has 1 aromatic heterocycles. The number of nitrogens with zero attached hydrogens (tertiary/aromatic N) is 1. The molecular formula is C14H12BrClFNO2. The van der Waals surface area contributed by atoms with Gasteiger partial charge in [0.15, 0.2) is 0 Å². The Labute approximate surface area is 129 Å². The zero-order chi connectivity index (χ0) is 14.7. The van der Waals surface area contributed by atoms with E-state index in [4.69, 9.17) is 16.3 Å². The normalized spacial score (nSPS) is 12.2. The van der Waals surface area contributed by atoms with Crippen molar-refractivity contribution in [2.75, 3.05) is 0 Å². The van der Waals surface area contributed by atoms with Crippen molar-refractivity contribution in [2.45, 2.75) is 19.4 Å². The van der Waals surface area contributed by atoms with Gasteiger partial charge in [0.25, 0.3) is 0 Å². The molecule has 2 rings (SSSR count). The molecule has 0 fully saturated rings. The van der Waals surface area contributed by atoms with Crippen molar-refractivity contribution < 1.29 is 14.2 Å². The molecule has 1 aromatic carbocycles. The Bertz CT molecular complexity index is 607. The molecule has 0 amide bonds. The molecule has 1 heterocycles. The standard InChI is InChI=1S/C14H12BrClFNO2/c1-2-13(19)12-4-3-8(7-18-12)20-14-6-11(17)10(16)5-9(14)15/h3-7,13,19H,2H2,1H3. The molecule has 6 heteroatoms. The van der Waals surface area contributed by atoms with Gasteiger partial charge < -0.3 is 9.84 Å². The number of ether oxygens (including phenoxy) is 1. The quantitative estimate of drug-likeness (QED) is 0.791. The van der Waals surface area contributed by atoms with E-state index in [1.807, 2.05) is 6.92 Å². The summed E-state index contributed by atoms with van der Waals surface area (Å²) < 4.78 is 19.5. The number of aliphatic hydroxyl groups excluding tert-OH is 1. The molecule has 106 valence electrons. The molecule has 0 bridgehead atoms.